The van der Waals surface area contributed by atoms with Gasteiger partial charge in [-0.25, -0.2) is 9.18 Å². The summed E-state index contributed by atoms with van der Waals surface area (Å²) in [5.41, 5.74) is 3.10. The van der Waals surface area contributed by atoms with Gasteiger partial charge < -0.3 is 20.6 Å². The third-order valence-electron chi connectivity index (χ3n) is 8.69. The maximum Gasteiger partial charge on any atom is 0.335 e. The Labute approximate surface area is 296 Å². The molecule has 1 atom stereocenters. The molecule has 5 aromatic rings. The van der Waals surface area contributed by atoms with E-state index in [1.165, 1.54) is 64.5 Å². The molecule has 0 radical (unpaired) electrons. The molecule has 0 saturated heterocycles. The molecule has 0 unspecified atom stereocenters. The number of benzene rings is 4. The van der Waals surface area contributed by atoms with E-state index >= 15 is 4.39 Å². The predicted molar refractivity (Wildman–Crippen MR) is 188 cm³/mol. The number of amides is 3. The first-order chi connectivity index (χ1) is 24.4. The molecule has 0 spiro atoms. The third kappa shape index (κ3) is 6.83. The lowest BCUT2D eigenvalue weighted by Gasteiger charge is -2.48. The minimum Gasteiger partial charge on any atom is -0.478 e. The lowest BCUT2D eigenvalue weighted by Crippen LogP contribution is -2.56. The van der Waals surface area contributed by atoms with Crippen LogP contribution in [0.4, 0.5) is 10.1 Å². The van der Waals surface area contributed by atoms with E-state index < -0.39 is 35.2 Å². The second-order valence-corrected chi connectivity index (χ2v) is 12.8. The molecule has 12 nitrogen and oxygen atoms in total. The highest BCUT2D eigenvalue weighted by Crippen LogP contribution is 2.43. The van der Waals surface area contributed by atoms with Gasteiger partial charge in [-0.1, -0.05) is 41.9 Å². The minimum atomic E-state index is -1.17. The first kappa shape index (κ1) is 34.6. The molecule has 0 saturated carbocycles. The normalized spacial score (nSPS) is 14.9. The van der Waals surface area contributed by atoms with Crippen LogP contribution in [-0.4, -0.2) is 66.5 Å². The van der Waals surface area contributed by atoms with E-state index in [0.717, 1.165) is 16.7 Å². The van der Waals surface area contributed by atoms with Crippen molar-refractivity contribution in [2.24, 2.45) is 0 Å². The molecule has 0 bridgehead atoms. The molecule has 3 N–H and O–H groups in total. The molecule has 3 amide bonds. The number of tetrazole rings is 1. The lowest BCUT2D eigenvalue weighted by molar-refractivity contribution is -0.142. The van der Waals surface area contributed by atoms with E-state index in [-0.39, 0.29) is 27.7 Å². The van der Waals surface area contributed by atoms with Gasteiger partial charge in [-0.2, -0.15) is 4.68 Å². The van der Waals surface area contributed by atoms with Crippen molar-refractivity contribution in [1.82, 2.24) is 30.4 Å². The average molecular weight is 708 g/mol. The number of aromatic nitrogens is 4. The number of carboxylic acid groups (broad SMARTS) is 1. The molecule has 1 aliphatic rings. The first-order valence-corrected chi connectivity index (χ1v) is 16.1. The molecule has 258 valence electrons. The van der Waals surface area contributed by atoms with Gasteiger partial charge in [0, 0.05) is 35.5 Å². The quantitative estimate of drug-likeness (QED) is 0.172. The Balaban J connectivity index is 1.44. The van der Waals surface area contributed by atoms with Crippen LogP contribution in [0.1, 0.15) is 57.3 Å². The van der Waals surface area contributed by atoms with Crippen LogP contribution in [0, 0.1) is 5.82 Å². The summed E-state index contributed by atoms with van der Waals surface area (Å²) in [6.07, 6.45) is 4.07. The number of anilines is 1. The largest absolute Gasteiger partial charge is 0.478 e. The summed E-state index contributed by atoms with van der Waals surface area (Å²) in [5, 5.41) is 25.7. The molecule has 4 aromatic carbocycles. The number of halogens is 2. The van der Waals surface area contributed by atoms with Gasteiger partial charge in [0.2, 0.25) is 5.91 Å². The summed E-state index contributed by atoms with van der Waals surface area (Å²) in [4.78, 5) is 53.7. The molecule has 0 aliphatic carbocycles. The number of carboxylic acids is 1. The second-order valence-electron chi connectivity index (χ2n) is 12.4. The summed E-state index contributed by atoms with van der Waals surface area (Å²) in [7, 11) is 1.55. The van der Waals surface area contributed by atoms with E-state index in [0.29, 0.717) is 23.2 Å². The molecule has 1 aromatic heterocycles. The Morgan fingerprint density at radius 2 is 1.69 bits per heavy atom. The molecule has 14 heteroatoms. The minimum absolute atomic E-state index is 0.0413. The maximum atomic E-state index is 15.4. The SMILES string of the molecule is CNC(=O)c1ccc(-c2cccc3c2CC(C)(C)N(C(=O)C=Cc2c(-n4cnnn4)ccc(Cl)c2F)[C@H]3C(=O)Nc2ccc(C(=O)O)cc2)cc1. The number of rotatable bonds is 8. The highest BCUT2D eigenvalue weighted by molar-refractivity contribution is 6.31. The fraction of sp³-hybridized carbons (Fsp3) is 0.162. The van der Waals surface area contributed by atoms with Gasteiger partial charge in [-0.3, -0.25) is 14.4 Å². The number of nitrogens with zero attached hydrogens (tertiary/aromatic N) is 5. The number of carbonyl (C=O) groups excluding carboxylic acids is 3. The number of nitrogens with one attached hydrogen (secondary N) is 2. The Hall–Kier alpha value is -6.21. The van der Waals surface area contributed by atoms with Crippen LogP contribution in [0.15, 0.2) is 91.3 Å². The van der Waals surface area contributed by atoms with Crippen LogP contribution in [0.3, 0.4) is 0 Å². The zero-order chi connectivity index (χ0) is 36.4. The van der Waals surface area contributed by atoms with Gasteiger partial charge in [0.05, 0.1) is 16.3 Å². The lowest BCUT2D eigenvalue weighted by atomic mass is 9.77. The van der Waals surface area contributed by atoms with Gasteiger partial charge in [0.1, 0.15) is 12.4 Å². The molecule has 51 heavy (non-hydrogen) atoms. The second kappa shape index (κ2) is 14.0. The smallest absolute Gasteiger partial charge is 0.335 e. The number of aromatic carboxylic acids is 1. The number of fused-ring (bicyclic) bond motifs is 1. The number of hydrogen-bond donors (Lipinski definition) is 3. The molecule has 1 aliphatic heterocycles. The van der Waals surface area contributed by atoms with Crippen molar-refractivity contribution in [2.75, 3.05) is 12.4 Å². The number of hydrogen-bond acceptors (Lipinski definition) is 7. The third-order valence-corrected chi connectivity index (χ3v) is 8.99. The summed E-state index contributed by atoms with van der Waals surface area (Å²) in [5.74, 6) is -3.27. The van der Waals surface area contributed by atoms with E-state index in [2.05, 4.69) is 26.2 Å². The summed E-state index contributed by atoms with van der Waals surface area (Å²) < 4.78 is 16.6. The van der Waals surface area contributed by atoms with Crippen LogP contribution in [0.25, 0.3) is 22.9 Å². The monoisotopic (exact) mass is 707 g/mol. The zero-order valence-corrected chi connectivity index (χ0v) is 28.4. The van der Waals surface area contributed by atoms with Crippen LogP contribution in [-0.2, 0) is 16.0 Å². The van der Waals surface area contributed by atoms with E-state index in [1.807, 2.05) is 32.0 Å². The van der Waals surface area contributed by atoms with Gasteiger partial charge in [0.25, 0.3) is 11.8 Å². The van der Waals surface area contributed by atoms with Crippen molar-refractivity contribution in [3.63, 3.8) is 0 Å². The summed E-state index contributed by atoms with van der Waals surface area (Å²) in [6, 6.07) is 19.9. The highest BCUT2D eigenvalue weighted by Gasteiger charge is 2.46. The van der Waals surface area contributed by atoms with Crippen molar-refractivity contribution in [3.05, 3.63) is 130 Å². The van der Waals surface area contributed by atoms with Crippen LogP contribution >= 0.6 is 11.6 Å². The van der Waals surface area contributed by atoms with Crippen molar-refractivity contribution in [3.8, 4) is 16.8 Å². The summed E-state index contributed by atoms with van der Waals surface area (Å²) in [6.45, 7) is 3.67. The Morgan fingerprint density at radius 3 is 2.33 bits per heavy atom. The molecule has 0 fully saturated rings. The van der Waals surface area contributed by atoms with Gasteiger partial charge in [-0.15, -0.1) is 5.10 Å². The van der Waals surface area contributed by atoms with E-state index in [1.54, 1.807) is 31.3 Å². The zero-order valence-electron chi connectivity index (χ0n) is 27.6. The fourth-order valence-electron chi connectivity index (χ4n) is 6.29. The van der Waals surface area contributed by atoms with Crippen LogP contribution in [0.5, 0.6) is 0 Å². The molecule has 2 heterocycles. The van der Waals surface area contributed by atoms with Crippen LogP contribution < -0.4 is 10.6 Å². The standard InChI is InChI=1S/C37H31ClFN7O5/c1-37(2)19-28-25(21-7-9-22(10-8-21)34(48)40-3)5-4-6-26(28)33(35(49)42-24-13-11-23(12-14-24)36(50)51)46(37)31(47)18-15-27-30(45-20-41-43-44-45)17-16-29(38)32(27)39/h4-18,20,33H,19H2,1-3H3,(H,40,48)(H,42,49)(H,50,51)/t33-/m1/s1. The molecular weight excluding hydrogens is 677 g/mol. The van der Waals surface area contributed by atoms with Gasteiger partial charge in [-0.05, 0) is 108 Å². The van der Waals surface area contributed by atoms with Crippen molar-refractivity contribution in [2.45, 2.75) is 31.8 Å². The Bertz CT molecular complexity index is 2190. The van der Waals surface area contributed by atoms with Crippen molar-refractivity contribution in [1.29, 1.82) is 0 Å². The topological polar surface area (TPSA) is 159 Å². The van der Waals surface area contributed by atoms with Crippen LogP contribution in [0.2, 0.25) is 5.02 Å². The molecule has 6 rings (SSSR count). The molecular formula is C37H31ClFN7O5. The van der Waals surface area contributed by atoms with Crippen molar-refractivity contribution < 1.29 is 28.7 Å². The summed E-state index contributed by atoms with van der Waals surface area (Å²) >= 11 is 6.11. The van der Waals surface area contributed by atoms with Gasteiger partial charge in [0.15, 0.2) is 5.82 Å². The van der Waals surface area contributed by atoms with E-state index in [4.69, 9.17) is 11.6 Å². The average Bonchev–Trinajstić information content (AvgIpc) is 3.66. The maximum absolute atomic E-state index is 15.4. The fourth-order valence-corrected chi connectivity index (χ4v) is 6.46. The number of carbonyl (C=O) groups is 4. The first-order valence-electron chi connectivity index (χ1n) is 15.7. The van der Waals surface area contributed by atoms with Crippen molar-refractivity contribution >= 4 is 47.1 Å². The highest BCUT2D eigenvalue weighted by atomic mass is 35.5. The Kier molecular flexibility index (Phi) is 9.48. The van der Waals surface area contributed by atoms with Gasteiger partial charge >= 0.3 is 5.97 Å². The van der Waals surface area contributed by atoms with E-state index in [9.17, 15) is 24.3 Å². The Morgan fingerprint density at radius 1 is 0.980 bits per heavy atom. The predicted octanol–water partition coefficient (Wildman–Crippen LogP) is 5.74.